The van der Waals surface area contributed by atoms with E-state index in [0.717, 1.165) is 65.0 Å². The first-order valence-electron chi connectivity index (χ1n) is 10.2. The summed E-state index contributed by atoms with van der Waals surface area (Å²) in [6.07, 6.45) is 6.21. The van der Waals surface area contributed by atoms with Crippen LogP contribution in [0.25, 0.3) is 10.9 Å². The number of nitrogens with zero attached hydrogens (tertiary/aromatic N) is 3. The minimum atomic E-state index is -0.152. The maximum Gasteiger partial charge on any atom is 0.230 e. The van der Waals surface area contributed by atoms with E-state index in [2.05, 4.69) is 51.9 Å². The van der Waals surface area contributed by atoms with Gasteiger partial charge in [0.25, 0.3) is 0 Å². The first-order chi connectivity index (χ1) is 13.1. The average Bonchev–Trinajstić information content (AvgIpc) is 3.24. The number of hydrogen-bond donors (Lipinski definition) is 0. The largest absolute Gasteiger partial charge is 0.385 e. The van der Waals surface area contributed by atoms with Crippen LogP contribution in [-0.4, -0.2) is 60.2 Å². The van der Waals surface area contributed by atoms with E-state index in [1.807, 2.05) is 0 Å². The Morgan fingerprint density at radius 1 is 1.19 bits per heavy atom. The number of aromatic nitrogens is 1. The standard InChI is InChI=1S/C22H31N3O2/c1-23-12-7-19-6-5-18(15-20(19)23)16-24-13-9-22(17-24)8-3-10-25(21(22)26)11-4-14-27-2/h5-7,12,15H,3-4,8-11,13-14,16-17H2,1-2H3/t22-/m1/s1. The fourth-order valence-electron chi connectivity index (χ4n) is 4.90. The molecule has 2 fully saturated rings. The molecule has 0 radical (unpaired) electrons. The lowest BCUT2D eigenvalue weighted by molar-refractivity contribution is -0.145. The van der Waals surface area contributed by atoms with Crippen LogP contribution in [0.1, 0.15) is 31.2 Å². The molecule has 146 valence electrons. The number of rotatable bonds is 6. The van der Waals surface area contributed by atoms with Crippen LogP contribution in [-0.2, 0) is 23.1 Å². The van der Waals surface area contributed by atoms with E-state index < -0.39 is 0 Å². The van der Waals surface area contributed by atoms with E-state index in [1.54, 1.807) is 7.11 Å². The van der Waals surface area contributed by atoms with Gasteiger partial charge in [0.2, 0.25) is 5.91 Å². The number of carbonyl (C=O) groups excluding carboxylic acids is 1. The summed E-state index contributed by atoms with van der Waals surface area (Å²) in [6, 6.07) is 8.88. The van der Waals surface area contributed by atoms with Crippen LogP contribution >= 0.6 is 0 Å². The van der Waals surface area contributed by atoms with Gasteiger partial charge < -0.3 is 14.2 Å². The summed E-state index contributed by atoms with van der Waals surface area (Å²) >= 11 is 0. The summed E-state index contributed by atoms with van der Waals surface area (Å²) in [7, 11) is 3.82. The molecule has 27 heavy (non-hydrogen) atoms. The number of amides is 1. The van der Waals surface area contributed by atoms with Crippen LogP contribution in [0, 0.1) is 5.41 Å². The summed E-state index contributed by atoms with van der Waals surface area (Å²) in [5, 5.41) is 1.29. The van der Waals surface area contributed by atoms with E-state index >= 15 is 0 Å². The second kappa shape index (κ2) is 7.64. The van der Waals surface area contributed by atoms with Crippen molar-refractivity contribution in [2.24, 2.45) is 12.5 Å². The van der Waals surface area contributed by atoms with Crippen molar-refractivity contribution < 1.29 is 9.53 Å². The Morgan fingerprint density at radius 3 is 2.93 bits per heavy atom. The molecule has 1 aromatic carbocycles. The number of ether oxygens (including phenoxy) is 1. The van der Waals surface area contributed by atoms with Crippen LogP contribution < -0.4 is 0 Å². The molecular formula is C22H31N3O2. The third-order valence-electron chi connectivity index (χ3n) is 6.39. The van der Waals surface area contributed by atoms with Gasteiger partial charge in [-0.15, -0.1) is 0 Å². The Hall–Kier alpha value is -1.85. The lowest BCUT2D eigenvalue weighted by Crippen LogP contribution is -2.50. The Balaban J connectivity index is 1.42. The first kappa shape index (κ1) is 18.5. The van der Waals surface area contributed by atoms with E-state index in [4.69, 9.17) is 4.74 Å². The Kier molecular flexibility index (Phi) is 5.24. The van der Waals surface area contributed by atoms with Gasteiger partial charge in [-0.05, 0) is 55.3 Å². The summed E-state index contributed by atoms with van der Waals surface area (Å²) in [5.41, 5.74) is 2.46. The van der Waals surface area contributed by atoms with Crippen LogP contribution in [0.3, 0.4) is 0 Å². The summed E-state index contributed by atoms with van der Waals surface area (Å²) in [4.78, 5) is 17.7. The van der Waals surface area contributed by atoms with Crippen molar-refractivity contribution in [1.29, 1.82) is 0 Å². The van der Waals surface area contributed by atoms with Gasteiger partial charge in [0.1, 0.15) is 0 Å². The minimum absolute atomic E-state index is 0.152. The topological polar surface area (TPSA) is 37.7 Å². The fourth-order valence-corrected chi connectivity index (χ4v) is 4.90. The van der Waals surface area contributed by atoms with Crippen molar-refractivity contribution >= 4 is 16.8 Å². The quantitative estimate of drug-likeness (QED) is 0.735. The van der Waals surface area contributed by atoms with E-state index in [0.29, 0.717) is 5.91 Å². The number of benzene rings is 1. The van der Waals surface area contributed by atoms with E-state index in [-0.39, 0.29) is 5.41 Å². The molecule has 0 bridgehead atoms. The van der Waals surface area contributed by atoms with Crippen LogP contribution in [0.4, 0.5) is 0 Å². The van der Waals surface area contributed by atoms with Gasteiger partial charge in [-0.1, -0.05) is 12.1 Å². The molecule has 0 aliphatic carbocycles. The number of aryl methyl sites for hydroxylation is 1. The molecule has 2 aliphatic rings. The van der Waals surface area contributed by atoms with Gasteiger partial charge in [0, 0.05) is 58.7 Å². The molecule has 3 heterocycles. The second-order valence-corrected chi connectivity index (χ2v) is 8.30. The number of fused-ring (bicyclic) bond motifs is 1. The lowest BCUT2D eigenvalue weighted by Gasteiger charge is -2.39. The molecular weight excluding hydrogens is 338 g/mol. The molecule has 0 N–H and O–H groups in total. The molecule has 0 saturated carbocycles. The van der Waals surface area contributed by atoms with Gasteiger partial charge in [-0.2, -0.15) is 0 Å². The molecule has 2 aliphatic heterocycles. The molecule has 1 aromatic heterocycles. The Labute approximate surface area is 161 Å². The monoisotopic (exact) mass is 369 g/mol. The van der Waals surface area contributed by atoms with Gasteiger partial charge in [-0.25, -0.2) is 0 Å². The highest BCUT2D eigenvalue weighted by molar-refractivity contribution is 5.84. The average molecular weight is 370 g/mol. The van der Waals surface area contributed by atoms with Crippen molar-refractivity contribution in [3.63, 3.8) is 0 Å². The second-order valence-electron chi connectivity index (χ2n) is 8.30. The van der Waals surface area contributed by atoms with Gasteiger partial charge in [0.15, 0.2) is 0 Å². The Morgan fingerprint density at radius 2 is 2.07 bits per heavy atom. The maximum absolute atomic E-state index is 13.2. The van der Waals surface area contributed by atoms with Gasteiger partial charge in [-0.3, -0.25) is 9.69 Å². The molecule has 1 amide bonds. The molecule has 1 atom stereocenters. The van der Waals surface area contributed by atoms with Gasteiger partial charge >= 0.3 is 0 Å². The van der Waals surface area contributed by atoms with Crippen molar-refractivity contribution in [3.8, 4) is 0 Å². The highest BCUT2D eigenvalue weighted by Crippen LogP contribution is 2.40. The number of piperidine rings is 1. The first-order valence-corrected chi connectivity index (χ1v) is 10.2. The normalized spacial score (nSPS) is 23.8. The fraction of sp³-hybridized carbons (Fsp3) is 0.591. The molecule has 2 saturated heterocycles. The molecule has 2 aromatic rings. The molecule has 5 heteroatoms. The van der Waals surface area contributed by atoms with Crippen molar-refractivity contribution in [2.45, 2.75) is 32.2 Å². The third kappa shape index (κ3) is 3.63. The molecule has 5 nitrogen and oxygen atoms in total. The molecule has 0 unspecified atom stereocenters. The predicted molar refractivity (Wildman–Crippen MR) is 108 cm³/mol. The van der Waals surface area contributed by atoms with Crippen LogP contribution in [0.2, 0.25) is 0 Å². The maximum atomic E-state index is 13.2. The predicted octanol–water partition coefficient (Wildman–Crippen LogP) is 3.03. The van der Waals surface area contributed by atoms with Crippen LogP contribution in [0.15, 0.2) is 30.5 Å². The SMILES string of the molecule is COCCCN1CCC[C@]2(CCN(Cc3ccc4ccn(C)c4c3)C2)C1=O. The number of carbonyl (C=O) groups is 1. The summed E-state index contributed by atoms with van der Waals surface area (Å²) in [6.45, 7) is 5.32. The summed E-state index contributed by atoms with van der Waals surface area (Å²) < 4.78 is 7.33. The van der Waals surface area contributed by atoms with Crippen molar-refractivity contribution in [1.82, 2.24) is 14.4 Å². The Bertz CT molecular complexity index is 815. The van der Waals surface area contributed by atoms with Gasteiger partial charge in [0.05, 0.1) is 5.41 Å². The summed E-state index contributed by atoms with van der Waals surface area (Å²) in [5.74, 6) is 0.380. The zero-order chi connectivity index (χ0) is 18.9. The third-order valence-corrected chi connectivity index (χ3v) is 6.39. The van der Waals surface area contributed by atoms with E-state index in [9.17, 15) is 4.79 Å². The van der Waals surface area contributed by atoms with Crippen molar-refractivity contribution in [3.05, 3.63) is 36.0 Å². The molecule has 4 rings (SSSR count). The zero-order valence-corrected chi connectivity index (χ0v) is 16.6. The van der Waals surface area contributed by atoms with E-state index in [1.165, 1.54) is 16.5 Å². The smallest absolute Gasteiger partial charge is 0.230 e. The number of methoxy groups -OCH3 is 1. The minimum Gasteiger partial charge on any atom is -0.385 e. The molecule has 1 spiro atoms. The highest BCUT2D eigenvalue weighted by Gasteiger charge is 2.47. The highest BCUT2D eigenvalue weighted by atomic mass is 16.5. The zero-order valence-electron chi connectivity index (χ0n) is 16.6. The number of hydrogen-bond acceptors (Lipinski definition) is 3. The lowest BCUT2D eigenvalue weighted by atomic mass is 9.78. The van der Waals surface area contributed by atoms with Crippen molar-refractivity contribution in [2.75, 3.05) is 39.9 Å². The van der Waals surface area contributed by atoms with Crippen LogP contribution in [0.5, 0.6) is 0 Å². The number of likely N-dealkylation sites (tertiary alicyclic amines) is 2.